The molecule has 0 aliphatic rings. The van der Waals surface area contributed by atoms with Gasteiger partial charge in [0.05, 0.1) is 5.69 Å². The highest BCUT2D eigenvalue weighted by Gasteiger charge is 2.09. The molecule has 2 aromatic rings. The van der Waals surface area contributed by atoms with Gasteiger partial charge in [0.15, 0.2) is 0 Å². The van der Waals surface area contributed by atoms with Gasteiger partial charge in [0.1, 0.15) is 5.82 Å². The van der Waals surface area contributed by atoms with Crippen LogP contribution in [0.3, 0.4) is 0 Å². The number of nitrogens with zero attached hydrogens (tertiary/aromatic N) is 3. The second kappa shape index (κ2) is 5.50. The van der Waals surface area contributed by atoms with E-state index < -0.39 is 0 Å². The Bertz CT molecular complexity index is 470. The van der Waals surface area contributed by atoms with Crippen molar-refractivity contribution in [2.24, 2.45) is 5.73 Å². The predicted octanol–water partition coefficient (Wildman–Crippen LogP) is 1.99. The van der Waals surface area contributed by atoms with E-state index in [4.69, 9.17) is 5.73 Å². The smallest absolute Gasteiger partial charge is 0.131 e. The molecule has 17 heavy (non-hydrogen) atoms. The van der Waals surface area contributed by atoms with E-state index in [9.17, 15) is 0 Å². The number of hydrogen-bond acceptors (Lipinski definition) is 4. The van der Waals surface area contributed by atoms with Crippen LogP contribution in [0.5, 0.6) is 0 Å². The molecule has 0 fully saturated rings. The Morgan fingerprint density at radius 1 is 1.18 bits per heavy atom. The molecule has 4 nitrogen and oxygen atoms in total. The second-order valence-corrected chi connectivity index (χ2v) is 4.01. The molecule has 2 rings (SSSR count). The fraction of sp³-hybridized carbons (Fsp3) is 0.308. The topological polar surface area (TPSA) is 64.7 Å². The minimum absolute atomic E-state index is 0.293. The molecule has 0 radical (unpaired) electrons. The van der Waals surface area contributed by atoms with Crippen LogP contribution in [0.25, 0.3) is 11.3 Å². The maximum absolute atomic E-state index is 5.55. The molecule has 88 valence electrons. The summed E-state index contributed by atoms with van der Waals surface area (Å²) in [6.07, 6.45) is 6.23. The number of nitrogens with two attached hydrogens (primary N) is 1. The lowest BCUT2D eigenvalue weighted by Gasteiger charge is -2.09. The Labute approximate surface area is 101 Å². The number of aromatic nitrogens is 3. The lowest BCUT2D eigenvalue weighted by molar-refractivity contribution is 0.647. The largest absolute Gasteiger partial charge is 0.330 e. The van der Waals surface area contributed by atoms with E-state index in [1.54, 1.807) is 18.6 Å². The molecular formula is C13H16N4. The molecular weight excluding hydrogens is 212 g/mol. The Kier molecular flexibility index (Phi) is 3.77. The van der Waals surface area contributed by atoms with Gasteiger partial charge in [-0.3, -0.25) is 4.98 Å². The molecule has 4 heteroatoms. The summed E-state index contributed by atoms with van der Waals surface area (Å²) in [5.41, 5.74) is 7.54. The van der Waals surface area contributed by atoms with E-state index in [0.717, 1.165) is 23.5 Å². The van der Waals surface area contributed by atoms with E-state index in [-0.39, 0.29) is 0 Å². The average Bonchev–Trinajstić information content (AvgIpc) is 2.40. The zero-order chi connectivity index (χ0) is 12.1. The van der Waals surface area contributed by atoms with Gasteiger partial charge in [-0.1, -0.05) is 6.92 Å². The summed E-state index contributed by atoms with van der Waals surface area (Å²) in [4.78, 5) is 12.9. The molecule has 0 saturated carbocycles. The minimum Gasteiger partial charge on any atom is -0.330 e. The second-order valence-electron chi connectivity index (χ2n) is 4.01. The molecule has 1 atom stereocenters. The van der Waals surface area contributed by atoms with Crippen LogP contribution in [0.15, 0.2) is 36.8 Å². The first-order valence-electron chi connectivity index (χ1n) is 5.74. The Balaban J connectivity index is 2.29. The van der Waals surface area contributed by atoms with Crippen molar-refractivity contribution in [2.75, 3.05) is 6.54 Å². The predicted molar refractivity (Wildman–Crippen MR) is 67.3 cm³/mol. The average molecular weight is 228 g/mol. The van der Waals surface area contributed by atoms with Gasteiger partial charge in [0.2, 0.25) is 0 Å². The van der Waals surface area contributed by atoms with Crippen LogP contribution in [0.4, 0.5) is 0 Å². The van der Waals surface area contributed by atoms with E-state index in [1.807, 2.05) is 18.2 Å². The van der Waals surface area contributed by atoms with Gasteiger partial charge in [-0.15, -0.1) is 0 Å². The van der Waals surface area contributed by atoms with Crippen molar-refractivity contribution in [1.82, 2.24) is 15.0 Å². The Hall–Kier alpha value is -1.81. The van der Waals surface area contributed by atoms with Crippen LogP contribution < -0.4 is 5.73 Å². The van der Waals surface area contributed by atoms with Crippen LogP contribution in [-0.2, 0) is 0 Å². The summed E-state index contributed by atoms with van der Waals surface area (Å²) < 4.78 is 0. The third-order valence-electron chi connectivity index (χ3n) is 2.69. The first-order valence-corrected chi connectivity index (χ1v) is 5.74. The van der Waals surface area contributed by atoms with Crippen molar-refractivity contribution in [2.45, 2.75) is 19.3 Å². The van der Waals surface area contributed by atoms with Crippen molar-refractivity contribution in [1.29, 1.82) is 0 Å². The van der Waals surface area contributed by atoms with E-state index in [0.29, 0.717) is 12.5 Å². The summed E-state index contributed by atoms with van der Waals surface area (Å²) in [6.45, 7) is 2.75. The van der Waals surface area contributed by atoms with Gasteiger partial charge in [-0.2, -0.15) is 0 Å². The minimum atomic E-state index is 0.293. The van der Waals surface area contributed by atoms with Gasteiger partial charge in [0.25, 0.3) is 0 Å². The van der Waals surface area contributed by atoms with Crippen molar-refractivity contribution in [3.63, 3.8) is 0 Å². The van der Waals surface area contributed by atoms with E-state index >= 15 is 0 Å². The van der Waals surface area contributed by atoms with Crippen molar-refractivity contribution >= 4 is 0 Å². The summed E-state index contributed by atoms with van der Waals surface area (Å²) in [7, 11) is 0. The van der Waals surface area contributed by atoms with Gasteiger partial charge >= 0.3 is 0 Å². The van der Waals surface area contributed by atoms with Crippen LogP contribution in [0.2, 0.25) is 0 Å². The quantitative estimate of drug-likeness (QED) is 0.869. The van der Waals surface area contributed by atoms with Crippen LogP contribution in [0, 0.1) is 0 Å². The fourth-order valence-electron chi connectivity index (χ4n) is 1.67. The van der Waals surface area contributed by atoms with Crippen LogP contribution in [-0.4, -0.2) is 21.5 Å². The normalized spacial score (nSPS) is 12.4. The Morgan fingerprint density at radius 2 is 1.94 bits per heavy atom. The molecule has 0 spiro atoms. The molecule has 2 aromatic heterocycles. The summed E-state index contributed by atoms with van der Waals surface area (Å²) in [6, 6.07) is 5.80. The highest BCUT2D eigenvalue weighted by atomic mass is 14.9. The highest BCUT2D eigenvalue weighted by Crippen LogP contribution is 2.19. The van der Waals surface area contributed by atoms with Gasteiger partial charge in [0, 0.05) is 30.1 Å². The van der Waals surface area contributed by atoms with Crippen molar-refractivity contribution < 1.29 is 0 Å². The zero-order valence-electron chi connectivity index (χ0n) is 9.87. The van der Waals surface area contributed by atoms with Gasteiger partial charge in [-0.25, -0.2) is 9.97 Å². The van der Waals surface area contributed by atoms with E-state index in [2.05, 4.69) is 21.9 Å². The first kappa shape index (κ1) is 11.7. The van der Waals surface area contributed by atoms with Gasteiger partial charge < -0.3 is 5.73 Å². The molecule has 0 aromatic carbocycles. The SMILES string of the molecule is CC(CCN)c1nccc(-c2ccncc2)n1. The monoisotopic (exact) mass is 228 g/mol. The maximum Gasteiger partial charge on any atom is 0.131 e. The molecule has 0 aliphatic heterocycles. The van der Waals surface area contributed by atoms with Crippen LogP contribution >= 0.6 is 0 Å². The summed E-state index contributed by atoms with van der Waals surface area (Å²) in [5, 5.41) is 0. The third-order valence-corrected chi connectivity index (χ3v) is 2.69. The molecule has 2 N–H and O–H groups in total. The lowest BCUT2D eigenvalue weighted by atomic mass is 10.1. The lowest BCUT2D eigenvalue weighted by Crippen LogP contribution is -2.08. The number of rotatable bonds is 4. The fourth-order valence-corrected chi connectivity index (χ4v) is 1.67. The summed E-state index contributed by atoms with van der Waals surface area (Å²) >= 11 is 0. The molecule has 1 unspecified atom stereocenters. The highest BCUT2D eigenvalue weighted by molar-refractivity contribution is 5.57. The standard InChI is InChI=1S/C13H16N4/c1-10(2-6-14)13-16-9-5-12(17-13)11-3-7-15-8-4-11/h3-5,7-10H,2,6,14H2,1H3. The van der Waals surface area contributed by atoms with Crippen molar-refractivity contribution in [3.05, 3.63) is 42.6 Å². The maximum atomic E-state index is 5.55. The van der Waals surface area contributed by atoms with Crippen molar-refractivity contribution in [3.8, 4) is 11.3 Å². The molecule has 0 saturated heterocycles. The zero-order valence-corrected chi connectivity index (χ0v) is 9.87. The number of hydrogen-bond donors (Lipinski definition) is 1. The first-order chi connectivity index (χ1) is 8.31. The van der Waals surface area contributed by atoms with Crippen LogP contribution in [0.1, 0.15) is 25.1 Å². The molecule has 2 heterocycles. The molecule has 0 bridgehead atoms. The Morgan fingerprint density at radius 3 is 2.65 bits per heavy atom. The number of pyridine rings is 1. The third kappa shape index (κ3) is 2.85. The van der Waals surface area contributed by atoms with E-state index in [1.165, 1.54) is 0 Å². The van der Waals surface area contributed by atoms with Gasteiger partial charge in [-0.05, 0) is 31.2 Å². The summed E-state index contributed by atoms with van der Waals surface area (Å²) in [5.74, 6) is 1.14. The molecule has 0 amide bonds. The molecule has 0 aliphatic carbocycles.